The van der Waals surface area contributed by atoms with Crippen molar-refractivity contribution in [3.05, 3.63) is 12.2 Å². The monoisotopic (exact) mass is 324 g/mol. The van der Waals surface area contributed by atoms with E-state index in [-0.39, 0.29) is 0 Å². The summed E-state index contributed by atoms with van der Waals surface area (Å²) in [4.78, 5) is 21.8. The molecule has 0 rings (SSSR count). The van der Waals surface area contributed by atoms with E-state index in [0.29, 0.717) is 0 Å². The van der Waals surface area contributed by atoms with Gasteiger partial charge in [-0.1, -0.05) is 6.58 Å². The maximum Gasteiger partial charge on any atom is 0.422 e. The standard InChI is InChI=1S/C10H10F6O5/c1-6(2-19-4-9(11,12)13)8(18)20-3-7(17)21-5-10(14,15)16/h1-5H2. The molecule has 0 saturated carbocycles. The van der Waals surface area contributed by atoms with Crippen LogP contribution in [-0.4, -0.2) is 50.7 Å². The summed E-state index contributed by atoms with van der Waals surface area (Å²) >= 11 is 0. The molecule has 0 heterocycles. The van der Waals surface area contributed by atoms with Gasteiger partial charge in [-0.25, -0.2) is 9.59 Å². The Morgan fingerprint density at radius 2 is 1.38 bits per heavy atom. The molecule has 0 aliphatic carbocycles. The summed E-state index contributed by atoms with van der Waals surface area (Å²) in [7, 11) is 0. The molecule has 11 heteroatoms. The van der Waals surface area contributed by atoms with Crippen LogP contribution in [0.3, 0.4) is 0 Å². The van der Waals surface area contributed by atoms with Gasteiger partial charge >= 0.3 is 24.3 Å². The van der Waals surface area contributed by atoms with Crippen LogP contribution in [0.1, 0.15) is 0 Å². The highest BCUT2D eigenvalue weighted by molar-refractivity contribution is 5.89. The molecule has 0 atom stereocenters. The lowest BCUT2D eigenvalue weighted by molar-refractivity contribution is -0.189. The Kier molecular flexibility index (Phi) is 7.19. The second kappa shape index (κ2) is 7.86. The van der Waals surface area contributed by atoms with E-state index in [4.69, 9.17) is 0 Å². The van der Waals surface area contributed by atoms with Crippen LogP contribution in [-0.2, 0) is 23.8 Å². The van der Waals surface area contributed by atoms with Gasteiger partial charge in [0.1, 0.15) is 6.61 Å². The number of hydrogen-bond acceptors (Lipinski definition) is 5. The van der Waals surface area contributed by atoms with Crippen molar-refractivity contribution in [3.63, 3.8) is 0 Å². The van der Waals surface area contributed by atoms with Crippen molar-refractivity contribution in [2.24, 2.45) is 0 Å². The molecule has 0 amide bonds. The molecular weight excluding hydrogens is 314 g/mol. The average molecular weight is 324 g/mol. The fraction of sp³-hybridized carbons (Fsp3) is 0.600. The second-order valence-electron chi connectivity index (χ2n) is 3.56. The molecule has 5 nitrogen and oxygen atoms in total. The molecule has 0 unspecified atom stereocenters. The predicted octanol–water partition coefficient (Wildman–Crippen LogP) is 1.77. The summed E-state index contributed by atoms with van der Waals surface area (Å²) < 4.78 is 82.1. The van der Waals surface area contributed by atoms with E-state index < -0.39 is 56.3 Å². The third-order valence-electron chi connectivity index (χ3n) is 1.55. The highest BCUT2D eigenvalue weighted by atomic mass is 19.4. The van der Waals surface area contributed by atoms with Crippen LogP contribution in [0, 0.1) is 0 Å². The average Bonchev–Trinajstić information content (AvgIpc) is 2.30. The molecule has 21 heavy (non-hydrogen) atoms. The zero-order chi connectivity index (χ0) is 16.7. The first-order valence-corrected chi connectivity index (χ1v) is 5.12. The van der Waals surface area contributed by atoms with Crippen LogP contribution in [0.4, 0.5) is 26.3 Å². The van der Waals surface area contributed by atoms with E-state index in [0.717, 1.165) is 0 Å². The van der Waals surface area contributed by atoms with E-state index in [9.17, 15) is 35.9 Å². The third-order valence-corrected chi connectivity index (χ3v) is 1.55. The molecule has 0 fully saturated rings. The maximum absolute atomic E-state index is 11.7. The minimum atomic E-state index is -4.73. The first-order valence-electron chi connectivity index (χ1n) is 5.12. The Bertz CT molecular complexity index is 386. The van der Waals surface area contributed by atoms with E-state index in [1.165, 1.54) is 0 Å². The van der Waals surface area contributed by atoms with Crippen LogP contribution in [0.25, 0.3) is 0 Å². The van der Waals surface area contributed by atoms with E-state index >= 15 is 0 Å². The van der Waals surface area contributed by atoms with Gasteiger partial charge in [-0.15, -0.1) is 0 Å². The zero-order valence-electron chi connectivity index (χ0n) is 10.3. The van der Waals surface area contributed by atoms with Gasteiger partial charge in [-0.3, -0.25) is 0 Å². The summed E-state index contributed by atoms with van der Waals surface area (Å²) in [5.74, 6) is -2.76. The molecule has 0 saturated heterocycles. The fourth-order valence-corrected chi connectivity index (χ4v) is 0.779. The molecule has 0 aromatic rings. The summed E-state index contributed by atoms with van der Waals surface area (Å²) in [5.41, 5.74) is -0.539. The lowest BCUT2D eigenvalue weighted by Gasteiger charge is -2.10. The lowest BCUT2D eigenvalue weighted by atomic mass is 10.3. The highest BCUT2D eigenvalue weighted by Crippen LogP contribution is 2.15. The number of rotatable bonds is 7. The Morgan fingerprint density at radius 3 is 1.86 bits per heavy atom. The van der Waals surface area contributed by atoms with Gasteiger partial charge in [0, 0.05) is 0 Å². The number of carbonyl (C=O) groups is 2. The molecule has 0 aliphatic heterocycles. The number of esters is 2. The summed E-state index contributed by atoms with van der Waals surface area (Å²) in [6, 6.07) is 0. The van der Waals surface area contributed by atoms with Crippen molar-refractivity contribution in [3.8, 4) is 0 Å². The zero-order valence-corrected chi connectivity index (χ0v) is 10.3. The molecule has 0 radical (unpaired) electrons. The molecule has 0 N–H and O–H groups in total. The van der Waals surface area contributed by atoms with Gasteiger partial charge in [-0.05, 0) is 0 Å². The van der Waals surface area contributed by atoms with Crippen molar-refractivity contribution in [1.82, 2.24) is 0 Å². The van der Waals surface area contributed by atoms with Gasteiger partial charge in [0.2, 0.25) is 0 Å². The normalized spacial score (nSPS) is 11.9. The van der Waals surface area contributed by atoms with Crippen molar-refractivity contribution in [2.75, 3.05) is 26.4 Å². The van der Waals surface area contributed by atoms with Crippen LogP contribution in [0.2, 0.25) is 0 Å². The van der Waals surface area contributed by atoms with E-state index in [2.05, 4.69) is 20.8 Å². The Morgan fingerprint density at radius 1 is 0.857 bits per heavy atom. The second-order valence-corrected chi connectivity index (χ2v) is 3.56. The molecule has 0 spiro atoms. The number of carbonyl (C=O) groups excluding carboxylic acids is 2. The van der Waals surface area contributed by atoms with Crippen LogP contribution < -0.4 is 0 Å². The molecule has 0 bridgehead atoms. The molecule has 122 valence electrons. The van der Waals surface area contributed by atoms with Crippen molar-refractivity contribution in [2.45, 2.75) is 12.4 Å². The van der Waals surface area contributed by atoms with E-state index in [1.807, 2.05) is 0 Å². The lowest BCUT2D eigenvalue weighted by Crippen LogP contribution is -2.25. The Hall–Kier alpha value is -1.78. The smallest absolute Gasteiger partial charge is 0.422 e. The topological polar surface area (TPSA) is 61.8 Å². The van der Waals surface area contributed by atoms with Gasteiger partial charge < -0.3 is 14.2 Å². The van der Waals surface area contributed by atoms with Crippen molar-refractivity contribution < 1.29 is 50.1 Å². The molecule has 0 aromatic carbocycles. The summed E-state index contributed by atoms with van der Waals surface area (Å²) in [6.07, 6.45) is -9.32. The number of halogens is 6. The number of hydrogen-bond donors (Lipinski definition) is 0. The van der Waals surface area contributed by atoms with Gasteiger partial charge in [0.25, 0.3) is 0 Å². The molecule has 0 aliphatic rings. The Balaban J connectivity index is 3.93. The van der Waals surface area contributed by atoms with Crippen LogP contribution >= 0.6 is 0 Å². The van der Waals surface area contributed by atoms with Gasteiger partial charge in [0.15, 0.2) is 13.2 Å². The number of ether oxygens (including phenoxy) is 3. The van der Waals surface area contributed by atoms with Crippen molar-refractivity contribution in [1.29, 1.82) is 0 Å². The summed E-state index contributed by atoms with van der Waals surface area (Å²) in [5, 5.41) is 0. The first-order chi connectivity index (χ1) is 9.41. The largest absolute Gasteiger partial charge is 0.454 e. The SMILES string of the molecule is C=C(COCC(F)(F)F)C(=O)OCC(=O)OCC(F)(F)F. The van der Waals surface area contributed by atoms with Crippen LogP contribution in [0.15, 0.2) is 12.2 Å². The summed E-state index contributed by atoms with van der Waals surface area (Å²) in [6.45, 7) is -2.37. The highest BCUT2D eigenvalue weighted by Gasteiger charge is 2.30. The first kappa shape index (κ1) is 19.2. The molecular formula is C10H10F6O5. The number of alkyl halides is 6. The van der Waals surface area contributed by atoms with E-state index in [1.54, 1.807) is 0 Å². The minimum absolute atomic E-state index is 0.539. The quantitative estimate of drug-likeness (QED) is 0.406. The fourth-order valence-electron chi connectivity index (χ4n) is 0.779. The van der Waals surface area contributed by atoms with Gasteiger partial charge in [0.05, 0.1) is 12.2 Å². The van der Waals surface area contributed by atoms with Gasteiger partial charge in [-0.2, -0.15) is 26.3 Å². The predicted molar refractivity (Wildman–Crippen MR) is 54.0 cm³/mol. The van der Waals surface area contributed by atoms with Crippen molar-refractivity contribution >= 4 is 11.9 Å². The molecule has 0 aromatic heterocycles. The maximum atomic E-state index is 11.7. The Labute approximate surface area is 114 Å². The third kappa shape index (κ3) is 11.7. The van der Waals surface area contributed by atoms with Crippen LogP contribution in [0.5, 0.6) is 0 Å². The minimum Gasteiger partial charge on any atom is -0.454 e.